The fraction of sp³-hybridized carbons (Fsp3) is 0.300. The van der Waals surface area contributed by atoms with Gasteiger partial charge in [0.25, 0.3) is 5.91 Å². The van der Waals surface area contributed by atoms with Gasteiger partial charge in [0.15, 0.2) is 0 Å². The van der Waals surface area contributed by atoms with Crippen molar-refractivity contribution in [2.45, 2.75) is 32.8 Å². The zero-order valence-electron chi connectivity index (χ0n) is 21.6. The van der Waals surface area contributed by atoms with Gasteiger partial charge in [-0.15, -0.1) is 0 Å². The minimum atomic E-state index is -0.553. The van der Waals surface area contributed by atoms with E-state index in [1.807, 2.05) is 68.1 Å². The quantitative estimate of drug-likeness (QED) is 0.384. The van der Waals surface area contributed by atoms with E-state index in [1.54, 1.807) is 17.3 Å². The van der Waals surface area contributed by atoms with Crippen LogP contribution in [0.5, 0.6) is 0 Å². The number of para-hydroxylation sites is 1. The first-order chi connectivity index (χ1) is 17.8. The lowest BCUT2D eigenvalue weighted by molar-refractivity contribution is 0.0141. The Labute approximate surface area is 217 Å². The van der Waals surface area contributed by atoms with Crippen LogP contribution in [0.1, 0.15) is 42.4 Å². The van der Waals surface area contributed by atoms with Crippen LogP contribution in [0, 0.1) is 0 Å². The number of benzene rings is 2. The van der Waals surface area contributed by atoms with E-state index in [9.17, 15) is 9.59 Å². The van der Waals surface area contributed by atoms with Crippen LogP contribution in [0.15, 0.2) is 79.1 Å². The van der Waals surface area contributed by atoms with Crippen molar-refractivity contribution in [3.8, 4) is 5.69 Å². The van der Waals surface area contributed by atoms with Crippen LogP contribution in [-0.4, -0.2) is 63.1 Å². The van der Waals surface area contributed by atoms with Crippen molar-refractivity contribution in [2.75, 3.05) is 26.2 Å². The first-order valence-electron chi connectivity index (χ1n) is 12.7. The molecule has 0 radical (unpaired) electrons. The van der Waals surface area contributed by atoms with Crippen LogP contribution < -0.4 is 0 Å². The van der Waals surface area contributed by atoms with Gasteiger partial charge in [-0.25, -0.2) is 4.79 Å². The number of pyridine rings is 1. The Kier molecular flexibility index (Phi) is 6.70. The number of fused-ring (bicyclic) bond motifs is 1. The maximum atomic E-state index is 14.1. The van der Waals surface area contributed by atoms with E-state index in [0.717, 1.165) is 27.8 Å². The lowest BCUT2D eigenvalue weighted by Crippen LogP contribution is -2.51. The third-order valence-corrected chi connectivity index (χ3v) is 6.53. The molecule has 0 N–H and O–H groups in total. The van der Waals surface area contributed by atoms with E-state index in [1.165, 1.54) is 0 Å². The third-order valence-electron chi connectivity index (χ3n) is 6.53. The summed E-state index contributed by atoms with van der Waals surface area (Å²) in [5.74, 6) is -0.0394. The van der Waals surface area contributed by atoms with Gasteiger partial charge in [0.2, 0.25) is 0 Å². The van der Waals surface area contributed by atoms with Crippen molar-refractivity contribution >= 4 is 22.9 Å². The van der Waals surface area contributed by atoms with Crippen molar-refractivity contribution in [1.29, 1.82) is 0 Å². The summed E-state index contributed by atoms with van der Waals surface area (Å²) < 4.78 is 7.70. The van der Waals surface area contributed by atoms with Gasteiger partial charge in [-0.2, -0.15) is 0 Å². The summed E-state index contributed by atoms with van der Waals surface area (Å²) in [5.41, 5.74) is 4.12. The molecule has 0 bridgehead atoms. The second kappa shape index (κ2) is 10.1. The molecule has 37 heavy (non-hydrogen) atoms. The molecule has 7 heteroatoms. The Bertz CT molecular complexity index is 1400. The zero-order valence-corrected chi connectivity index (χ0v) is 21.6. The highest BCUT2D eigenvalue weighted by Gasteiger charge is 2.31. The maximum Gasteiger partial charge on any atom is 0.410 e. The molecule has 1 saturated heterocycles. The molecule has 1 fully saturated rings. The van der Waals surface area contributed by atoms with Crippen molar-refractivity contribution in [1.82, 2.24) is 19.4 Å². The number of nitrogens with zero attached hydrogens (tertiary/aromatic N) is 4. The molecule has 0 aliphatic carbocycles. The van der Waals surface area contributed by atoms with E-state index in [4.69, 9.17) is 4.74 Å². The minimum absolute atomic E-state index is 0.0394. The third kappa shape index (κ3) is 5.21. The number of piperazine rings is 1. The molecule has 0 atom stereocenters. The highest BCUT2D eigenvalue weighted by atomic mass is 16.6. The summed E-state index contributed by atoms with van der Waals surface area (Å²) in [6, 6.07) is 22.3. The number of rotatable bonds is 4. The highest BCUT2D eigenvalue weighted by Crippen LogP contribution is 2.32. The van der Waals surface area contributed by atoms with Crippen LogP contribution in [0.3, 0.4) is 0 Å². The Hall–Kier alpha value is -4.13. The van der Waals surface area contributed by atoms with Crippen molar-refractivity contribution in [2.24, 2.45) is 0 Å². The van der Waals surface area contributed by atoms with E-state index in [-0.39, 0.29) is 12.0 Å². The summed E-state index contributed by atoms with van der Waals surface area (Å²) in [7, 11) is 0. The zero-order chi connectivity index (χ0) is 26.0. The van der Waals surface area contributed by atoms with Gasteiger partial charge in [-0.1, -0.05) is 48.5 Å². The minimum Gasteiger partial charge on any atom is -0.444 e. The van der Waals surface area contributed by atoms with Gasteiger partial charge in [0, 0.05) is 61.8 Å². The van der Waals surface area contributed by atoms with Crippen molar-refractivity contribution in [3.05, 3.63) is 95.9 Å². The van der Waals surface area contributed by atoms with Gasteiger partial charge in [0.05, 0.1) is 11.1 Å². The standard InChI is InChI=1S/C30H32N4O3/c1-30(2,3)37-29(36)33-18-16-32(17-19-33)28(35)27-24-21-31-15-14-25(24)34(23-12-8-5-9-13-23)26(27)20-22-10-6-4-7-11-22/h4-15,21H,16-20H2,1-3H3. The molecule has 1 aliphatic heterocycles. The Morgan fingerprint density at radius 2 is 1.49 bits per heavy atom. The molecule has 5 rings (SSSR count). The number of ether oxygens (including phenoxy) is 1. The number of carbonyl (C=O) groups is 2. The molecular formula is C30H32N4O3. The van der Waals surface area contributed by atoms with Crippen molar-refractivity contribution in [3.63, 3.8) is 0 Å². The van der Waals surface area contributed by atoms with Crippen LogP contribution in [0.25, 0.3) is 16.6 Å². The molecule has 3 heterocycles. The number of aromatic nitrogens is 2. The number of amides is 2. The molecule has 2 amide bonds. The van der Waals surface area contributed by atoms with E-state index >= 15 is 0 Å². The van der Waals surface area contributed by atoms with Gasteiger partial charge >= 0.3 is 6.09 Å². The van der Waals surface area contributed by atoms with Gasteiger partial charge in [0.1, 0.15) is 5.60 Å². The largest absolute Gasteiger partial charge is 0.444 e. The lowest BCUT2D eigenvalue weighted by atomic mass is 10.0. The van der Waals surface area contributed by atoms with Crippen LogP contribution >= 0.6 is 0 Å². The van der Waals surface area contributed by atoms with Gasteiger partial charge < -0.3 is 19.1 Å². The molecule has 0 unspecified atom stereocenters. The molecule has 190 valence electrons. The summed E-state index contributed by atoms with van der Waals surface area (Å²) in [4.78, 5) is 34.6. The molecule has 0 spiro atoms. The summed E-state index contributed by atoms with van der Waals surface area (Å²) in [6.07, 6.45) is 3.81. The smallest absolute Gasteiger partial charge is 0.410 e. The van der Waals surface area contributed by atoms with Crippen molar-refractivity contribution < 1.29 is 14.3 Å². The molecule has 1 aliphatic rings. The second-order valence-electron chi connectivity index (χ2n) is 10.3. The monoisotopic (exact) mass is 496 g/mol. The molecule has 2 aromatic heterocycles. The average Bonchev–Trinajstić information content (AvgIpc) is 3.22. The molecule has 2 aromatic carbocycles. The predicted octanol–water partition coefficient (Wildman–Crippen LogP) is 5.31. The molecule has 4 aromatic rings. The van der Waals surface area contributed by atoms with Crippen LogP contribution in [0.2, 0.25) is 0 Å². The fourth-order valence-electron chi connectivity index (χ4n) is 4.83. The van der Waals surface area contributed by atoms with Gasteiger partial charge in [-0.3, -0.25) is 9.78 Å². The SMILES string of the molecule is CC(C)(C)OC(=O)N1CCN(C(=O)c2c(Cc3ccccc3)n(-c3ccccc3)c3ccncc23)CC1. The number of hydrogen-bond acceptors (Lipinski definition) is 4. The molecule has 7 nitrogen and oxygen atoms in total. The first-order valence-corrected chi connectivity index (χ1v) is 12.7. The Morgan fingerprint density at radius 3 is 2.14 bits per heavy atom. The maximum absolute atomic E-state index is 14.1. The summed E-state index contributed by atoms with van der Waals surface area (Å²) >= 11 is 0. The summed E-state index contributed by atoms with van der Waals surface area (Å²) in [6.45, 7) is 7.33. The molecular weight excluding hydrogens is 464 g/mol. The van der Waals surface area contributed by atoms with Gasteiger partial charge in [-0.05, 0) is 44.5 Å². The Morgan fingerprint density at radius 1 is 0.865 bits per heavy atom. The van der Waals surface area contributed by atoms with Crippen LogP contribution in [-0.2, 0) is 11.2 Å². The van der Waals surface area contributed by atoms with E-state index in [0.29, 0.717) is 38.2 Å². The first kappa shape index (κ1) is 24.6. The summed E-state index contributed by atoms with van der Waals surface area (Å²) in [5, 5.41) is 0.830. The number of hydrogen-bond donors (Lipinski definition) is 0. The topological polar surface area (TPSA) is 67.7 Å². The van der Waals surface area contributed by atoms with Crippen LogP contribution in [0.4, 0.5) is 4.79 Å². The Balaban J connectivity index is 1.52. The molecule has 0 saturated carbocycles. The normalized spacial score (nSPS) is 14.1. The number of carbonyl (C=O) groups excluding carboxylic acids is 2. The predicted molar refractivity (Wildman–Crippen MR) is 144 cm³/mol. The fourth-order valence-corrected chi connectivity index (χ4v) is 4.83. The van der Waals surface area contributed by atoms with E-state index in [2.05, 4.69) is 33.8 Å². The second-order valence-corrected chi connectivity index (χ2v) is 10.3. The van der Waals surface area contributed by atoms with E-state index < -0.39 is 5.60 Å². The lowest BCUT2D eigenvalue weighted by Gasteiger charge is -2.35. The highest BCUT2D eigenvalue weighted by molar-refractivity contribution is 6.09. The average molecular weight is 497 g/mol.